The van der Waals surface area contributed by atoms with Crippen LogP contribution in [0.2, 0.25) is 0 Å². The molecule has 2 rings (SSSR count). The van der Waals surface area contributed by atoms with E-state index in [-0.39, 0.29) is 17.8 Å². The van der Waals surface area contributed by atoms with E-state index in [1.165, 1.54) is 23.5 Å². The Morgan fingerprint density at radius 2 is 2.10 bits per heavy atom. The number of hydrogen-bond acceptors (Lipinski definition) is 4. The molecule has 0 aliphatic rings. The molecular formula is C14H16FN3OS. The van der Waals surface area contributed by atoms with E-state index in [1.807, 2.05) is 19.2 Å². The van der Waals surface area contributed by atoms with Crippen LogP contribution in [0, 0.1) is 12.7 Å². The Labute approximate surface area is 121 Å². The van der Waals surface area contributed by atoms with Gasteiger partial charge in [0.2, 0.25) is 5.91 Å². The zero-order valence-electron chi connectivity index (χ0n) is 11.3. The minimum Gasteiger partial charge on any atom is -0.374 e. The van der Waals surface area contributed by atoms with Crippen LogP contribution in [0.4, 0.5) is 15.2 Å². The third-order valence-electron chi connectivity index (χ3n) is 2.76. The van der Waals surface area contributed by atoms with Gasteiger partial charge in [0, 0.05) is 11.1 Å². The molecule has 20 heavy (non-hydrogen) atoms. The quantitative estimate of drug-likeness (QED) is 0.888. The number of anilines is 2. The molecule has 1 aromatic carbocycles. The first kappa shape index (κ1) is 14.5. The SMILES string of the molecule is CC[C@H](Nc1ccc(F)cc1)C(=O)Nc1nc(C)cs1. The van der Waals surface area contributed by atoms with Crippen LogP contribution in [-0.2, 0) is 4.79 Å². The molecule has 2 N–H and O–H groups in total. The second-order valence-electron chi connectivity index (χ2n) is 4.40. The molecule has 0 aliphatic heterocycles. The van der Waals surface area contributed by atoms with E-state index in [0.717, 1.165) is 5.69 Å². The summed E-state index contributed by atoms with van der Waals surface area (Å²) in [5, 5.41) is 8.33. The predicted octanol–water partition coefficient (Wildman–Crippen LogP) is 3.42. The molecule has 0 saturated heterocycles. The molecule has 4 nitrogen and oxygen atoms in total. The van der Waals surface area contributed by atoms with Gasteiger partial charge in [0.1, 0.15) is 11.9 Å². The number of carbonyl (C=O) groups is 1. The molecule has 0 bridgehead atoms. The molecule has 106 valence electrons. The van der Waals surface area contributed by atoms with Crippen LogP contribution in [0.15, 0.2) is 29.6 Å². The van der Waals surface area contributed by atoms with Crippen LogP contribution in [0.25, 0.3) is 0 Å². The standard InChI is InChI=1S/C14H16FN3OS/c1-3-12(17-11-6-4-10(15)5-7-11)13(19)18-14-16-9(2)8-20-14/h4-8,12,17H,3H2,1-2H3,(H,16,18,19)/t12-/m0/s1. The third-order valence-corrected chi connectivity index (χ3v) is 3.63. The summed E-state index contributed by atoms with van der Waals surface area (Å²) in [7, 11) is 0. The van der Waals surface area contributed by atoms with Crippen molar-refractivity contribution in [3.05, 3.63) is 41.2 Å². The number of thiazole rings is 1. The largest absolute Gasteiger partial charge is 0.374 e. The smallest absolute Gasteiger partial charge is 0.248 e. The third kappa shape index (κ3) is 3.77. The molecule has 1 aromatic heterocycles. The van der Waals surface area contributed by atoms with E-state index in [4.69, 9.17) is 0 Å². The Kier molecular flexibility index (Phi) is 4.68. The molecule has 0 aliphatic carbocycles. The van der Waals surface area contributed by atoms with Crippen molar-refractivity contribution in [2.75, 3.05) is 10.6 Å². The van der Waals surface area contributed by atoms with Crippen LogP contribution >= 0.6 is 11.3 Å². The topological polar surface area (TPSA) is 54.0 Å². The highest BCUT2D eigenvalue weighted by atomic mass is 32.1. The van der Waals surface area contributed by atoms with Crippen molar-refractivity contribution in [1.29, 1.82) is 0 Å². The molecule has 0 unspecified atom stereocenters. The number of hydrogen-bond donors (Lipinski definition) is 2. The second kappa shape index (κ2) is 6.47. The number of carbonyl (C=O) groups excluding carboxylic acids is 1. The zero-order valence-corrected chi connectivity index (χ0v) is 12.1. The number of amides is 1. The van der Waals surface area contributed by atoms with Crippen molar-refractivity contribution in [3.8, 4) is 0 Å². The maximum Gasteiger partial charge on any atom is 0.248 e. The lowest BCUT2D eigenvalue weighted by molar-refractivity contribution is -0.116. The Hall–Kier alpha value is -1.95. The van der Waals surface area contributed by atoms with Gasteiger partial charge in [-0.25, -0.2) is 9.37 Å². The van der Waals surface area contributed by atoms with Gasteiger partial charge in [-0.1, -0.05) is 6.92 Å². The average molecular weight is 293 g/mol. The van der Waals surface area contributed by atoms with Gasteiger partial charge in [0.05, 0.1) is 5.69 Å². The fourth-order valence-electron chi connectivity index (χ4n) is 1.70. The van der Waals surface area contributed by atoms with E-state index in [2.05, 4.69) is 15.6 Å². The summed E-state index contributed by atoms with van der Waals surface area (Å²) in [4.78, 5) is 16.3. The molecule has 6 heteroatoms. The normalized spacial score (nSPS) is 11.9. The van der Waals surface area contributed by atoms with E-state index < -0.39 is 0 Å². The first-order chi connectivity index (χ1) is 9.58. The Morgan fingerprint density at radius 1 is 1.40 bits per heavy atom. The second-order valence-corrected chi connectivity index (χ2v) is 5.25. The van der Waals surface area contributed by atoms with Crippen LogP contribution in [0.3, 0.4) is 0 Å². The zero-order chi connectivity index (χ0) is 14.5. The molecule has 0 spiro atoms. The van der Waals surface area contributed by atoms with Crippen molar-refractivity contribution in [2.45, 2.75) is 26.3 Å². The monoisotopic (exact) mass is 293 g/mol. The molecule has 2 aromatic rings. The van der Waals surface area contributed by atoms with Crippen LogP contribution in [0.1, 0.15) is 19.0 Å². The highest BCUT2D eigenvalue weighted by Crippen LogP contribution is 2.16. The van der Waals surface area contributed by atoms with Gasteiger partial charge >= 0.3 is 0 Å². The summed E-state index contributed by atoms with van der Waals surface area (Å²) >= 11 is 1.39. The molecule has 1 heterocycles. The Morgan fingerprint density at radius 3 is 2.65 bits per heavy atom. The van der Waals surface area contributed by atoms with Gasteiger partial charge in [-0.2, -0.15) is 0 Å². The lowest BCUT2D eigenvalue weighted by Crippen LogP contribution is -2.34. The molecule has 0 radical (unpaired) electrons. The molecular weight excluding hydrogens is 277 g/mol. The van der Waals surface area contributed by atoms with Gasteiger partial charge in [-0.3, -0.25) is 4.79 Å². The maximum atomic E-state index is 12.8. The number of halogens is 1. The highest BCUT2D eigenvalue weighted by molar-refractivity contribution is 7.13. The molecule has 1 amide bonds. The van der Waals surface area contributed by atoms with E-state index in [1.54, 1.807) is 12.1 Å². The van der Waals surface area contributed by atoms with Gasteiger partial charge in [-0.15, -0.1) is 11.3 Å². The summed E-state index contributed by atoms with van der Waals surface area (Å²) in [5.41, 5.74) is 1.59. The fourth-order valence-corrected chi connectivity index (χ4v) is 2.40. The lowest BCUT2D eigenvalue weighted by Gasteiger charge is -2.17. The summed E-state index contributed by atoms with van der Waals surface area (Å²) < 4.78 is 12.8. The van der Waals surface area contributed by atoms with Crippen molar-refractivity contribution < 1.29 is 9.18 Å². The maximum absolute atomic E-state index is 12.8. The first-order valence-electron chi connectivity index (χ1n) is 6.33. The van der Waals surface area contributed by atoms with Gasteiger partial charge in [0.15, 0.2) is 5.13 Å². The van der Waals surface area contributed by atoms with Gasteiger partial charge < -0.3 is 10.6 Å². The fraction of sp³-hybridized carbons (Fsp3) is 0.286. The van der Waals surface area contributed by atoms with Crippen molar-refractivity contribution in [1.82, 2.24) is 4.98 Å². The minimum atomic E-state index is -0.385. The highest BCUT2D eigenvalue weighted by Gasteiger charge is 2.17. The number of benzene rings is 1. The number of nitrogens with one attached hydrogen (secondary N) is 2. The van der Waals surface area contributed by atoms with Gasteiger partial charge in [0.25, 0.3) is 0 Å². The van der Waals surface area contributed by atoms with Crippen LogP contribution in [-0.4, -0.2) is 16.9 Å². The minimum absolute atomic E-state index is 0.147. The average Bonchev–Trinajstić information content (AvgIpc) is 2.83. The van der Waals surface area contributed by atoms with E-state index >= 15 is 0 Å². The van der Waals surface area contributed by atoms with Gasteiger partial charge in [-0.05, 0) is 37.6 Å². The van der Waals surface area contributed by atoms with Crippen LogP contribution in [0.5, 0.6) is 0 Å². The van der Waals surface area contributed by atoms with E-state index in [0.29, 0.717) is 17.2 Å². The lowest BCUT2D eigenvalue weighted by atomic mass is 10.2. The summed E-state index contributed by atoms with van der Waals surface area (Å²) in [6.07, 6.45) is 0.619. The van der Waals surface area contributed by atoms with E-state index in [9.17, 15) is 9.18 Å². The summed E-state index contributed by atoms with van der Waals surface area (Å²) in [5.74, 6) is -0.447. The number of nitrogens with zero attached hydrogens (tertiary/aromatic N) is 1. The van der Waals surface area contributed by atoms with Crippen molar-refractivity contribution >= 4 is 28.1 Å². The summed E-state index contributed by atoms with van der Waals surface area (Å²) in [6.45, 7) is 3.79. The predicted molar refractivity (Wildman–Crippen MR) is 79.6 cm³/mol. The van der Waals surface area contributed by atoms with Crippen molar-refractivity contribution in [2.24, 2.45) is 0 Å². The molecule has 1 atom stereocenters. The number of rotatable bonds is 5. The number of aromatic nitrogens is 1. The first-order valence-corrected chi connectivity index (χ1v) is 7.21. The van der Waals surface area contributed by atoms with Crippen LogP contribution < -0.4 is 10.6 Å². The number of aryl methyl sites for hydroxylation is 1. The van der Waals surface area contributed by atoms with Crippen molar-refractivity contribution in [3.63, 3.8) is 0 Å². The molecule has 0 fully saturated rings. The Bertz CT molecular complexity index is 582. The Balaban J connectivity index is 2.00. The summed E-state index contributed by atoms with van der Waals surface area (Å²) in [6, 6.07) is 5.55. The molecule has 0 saturated carbocycles.